The number of pyridine rings is 1. The predicted octanol–water partition coefficient (Wildman–Crippen LogP) is 1.21. The van der Waals surface area contributed by atoms with Crippen LogP contribution in [0.4, 0.5) is 11.8 Å². The van der Waals surface area contributed by atoms with Crippen LogP contribution in [0.2, 0.25) is 0 Å². The Morgan fingerprint density at radius 3 is 2.50 bits per heavy atom. The van der Waals surface area contributed by atoms with Crippen LogP contribution >= 0.6 is 0 Å². The number of carbonyl (C=O) groups is 1. The monoisotopic (exact) mass is 520 g/mol. The molecule has 0 spiro atoms. The first-order valence-corrected chi connectivity index (χ1v) is 12.1. The van der Waals surface area contributed by atoms with Gasteiger partial charge in [0.25, 0.3) is 0 Å². The second-order valence-corrected chi connectivity index (χ2v) is 8.54. The fourth-order valence-corrected chi connectivity index (χ4v) is 4.22. The van der Waals surface area contributed by atoms with Crippen LogP contribution in [0.25, 0.3) is 22.6 Å². The molecule has 38 heavy (non-hydrogen) atoms. The van der Waals surface area contributed by atoms with E-state index < -0.39 is 5.97 Å². The number of fused-ring (bicyclic) bond motifs is 1. The Hall–Kier alpha value is -4.43. The standard InChI is InChI=1S/C24H28N10O4/c1-4-34-17(14-32(2)24-27-12-16(13-28-24)23(35)38-25)29-19-21(33-7-9-37-10-8-33)30-20(31-22(19)34)15-5-6-18(36-3)26-11-15/h5-6,11-13H,4,7-10,14,25H2,1-3H3. The lowest BCUT2D eigenvalue weighted by Gasteiger charge is -2.28. The molecule has 0 atom stereocenters. The quantitative estimate of drug-likeness (QED) is 0.331. The molecule has 0 radical (unpaired) electrons. The minimum atomic E-state index is -0.705. The number of hydrogen-bond acceptors (Lipinski definition) is 13. The first-order chi connectivity index (χ1) is 18.5. The minimum Gasteiger partial charge on any atom is -0.481 e. The summed E-state index contributed by atoms with van der Waals surface area (Å²) in [5.74, 6) is 7.24. The molecule has 0 bridgehead atoms. The van der Waals surface area contributed by atoms with Crippen LogP contribution in [0.15, 0.2) is 30.7 Å². The summed E-state index contributed by atoms with van der Waals surface area (Å²) in [5, 5.41) is 0. The van der Waals surface area contributed by atoms with E-state index in [9.17, 15) is 4.79 Å². The molecule has 0 aliphatic carbocycles. The third kappa shape index (κ3) is 4.90. The van der Waals surface area contributed by atoms with E-state index in [2.05, 4.69) is 29.3 Å². The van der Waals surface area contributed by atoms with Crippen molar-refractivity contribution in [2.24, 2.45) is 5.90 Å². The lowest BCUT2D eigenvalue weighted by atomic mass is 10.2. The number of rotatable bonds is 8. The van der Waals surface area contributed by atoms with Crippen LogP contribution in [-0.4, -0.2) is 80.9 Å². The summed E-state index contributed by atoms with van der Waals surface area (Å²) in [4.78, 5) is 47.5. The number of nitrogens with zero attached hydrogens (tertiary/aromatic N) is 9. The predicted molar refractivity (Wildman–Crippen MR) is 138 cm³/mol. The highest BCUT2D eigenvalue weighted by molar-refractivity contribution is 5.88. The fraction of sp³-hybridized carbons (Fsp3) is 0.375. The van der Waals surface area contributed by atoms with E-state index in [0.29, 0.717) is 62.6 Å². The van der Waals surface area contributed by atoms with Gasteiger partial charge in [-0.3, -0.25) is 0 Å². The van der Waals surface area contributed by atoms with Crippen molar-refractivity contribution >= 4 is 28.9 Å². The van der Waals surface area contributed by atoms with Crippen molar-refractivity contribution in [3.05, 3.63) is 42.1 Å². The van der Waals surface area contributed by atoms with Gasteiger partial charge in [-0.05, 0) is 13.0 Å². The average molecular weight is 521 g/mol. The SMILES string of the molecule is CCn1c(CN(C)c2ncc(C(=O)ON)cn2)nc2c(N3CCOCC3)nc(-c3ccc(OC)nc3)nc21. The summed E-state index contributed by atoms with van der Waals surface area (Å²) in [5.41, 5.74) is 2.37. The molecule has 2 N–H and O–H groups in total. The number of ether oxygens (including phenoxy) is 2. The fourth-order valence-electron chi connectivity index (χ4n) is 4.22. The van der Waals surface area contributed by atoms with Crippen molar-refractivity contribution in [2.75, 3.05) is 50.3 Å². The van der Waals surface area contributed by atoms with Gasteiger partial charge in [0.2, 0.25) is 11.8 Å². The molecule has 14 nitrogen and oxygen atoms in total. The molecule has 5 rings (SSSR count). The first-order valence-electron chi connectivity index (χ1n) is 12.1. The largest absolute Gasteiger partial charge is 0.481 e. The Labute approximate surface area is 218 Å². The Morgan fingerprint density at radius 1 is 1.11 bits per heavy atom. The molecule has 1 aliphatic heterocycles. The van der Waals surface area contributed by atoms with E-state index in [1.165, 1.54) is 12.4 Å². The van der Waals surface area contributed by atoms with Crippen molar-refractivity contribution in [1.82, 2.24) is 34.5 Å². The number of carbonyl (C=O) groups excluding carboxylic acids is 1. The van der Waals surface area contributed by atoms with Crippen LogP contribution in [0.5, 0.6) is 5.88 Å². The number of nitrogens with two attached hydrogens (primary N) is 1. The number of aryl methyl sites for hydroxylation is 1. The lowest BCUT2D eigenvalue weighted by Crippen LogP contribution is -2.37. The van der Waals surface area contributed by atoms with Gasteiger partial charge in [-0.1, -0.05) is 0 Å². The number of anilines is 2. The summed E-state index contributed by atoms with van der Waals surface area (Å²) in [6.07, 6.45) is 4.44. The second kappa shape index (κ2) is 10.9. The minimum absolute atomic E-state index is 0.163. The van der Waals surface area contributed by atoms with Gasteiger partial charge >= 0.3 is 5.97 Å². The van der Waals surface area contributed by atoms with Gasteiger partial charge in [0.1, 0.15) is 5.82 Å². The summed E-state index contributed by atoms with van der Waals surface area (Å²) in [6, 6.07) is 3.67. The maximum absolute atomic E-state index is 11.6. The Kier molecular flexibility index (Phi) is 7.24. The normalized spacial score (nSPS) is 13.5. The van der Waals surface area contributed by atoms with E-state index in [4.69, 9.17) is 30.3 Å². The highest BCUT2D eigenvalue weighted by Crippen LogP contribution is 2.29. The Balaban J connectivity index is 1.55. The van der Waals surface area contributed by atoms with Crippen molar-refractivity contribution in [3.63, 3.8) is 0 Å². The molecule has 0 aromatic carbocycles. The molecule has 198 valence electrons. The Bertz CT molecular complexity index is 1420. The van der Waals surface area contributed by atoms with Gasteiger partial charge in [-0.2, -0.15) is 5.90 Å². The number of methoxy groups -OCH3 is 1. The zero-order valence-electron chi connectivity index (χ0n) is 21.4. The van der Waals surface area contributed by atoms with Crippen molar-refractivity contribution < 1.29 is 19.1 Å². The molecular formula is C24H28N10O4. The molecule has 4 aromatic rings. The summed E-state index contributed by atoms with van der Waals surface area (Å²) < 4.78 is 12.8. The topological polar surface area (TPSA) is 160 Å². The van der Waals surface area contributed by atoms with Gasteiger partial charge in [0, 0.05) is 56.9 Å². The second-order valence-electron chi connectivity index (χ2n) is 8.54. The number of aromatic nitrogens is 7. The molecule has 0 saturated carbocycles. The first kappa shape index (κ1) is 25.2. The van der Waals surface area contributed by atoms with Crippen molar-refractivity contribution in [1.29, 1.82) is 0 Å². The van der Waals surface area contributed by atoms with Gasteiger partial charge < -0.3 is 28.7 Å². The van der Waals surface area contributed by atoms with Gasteiger partial charge in [-0.25, -0.2) is 34.7 Å². The molecule has 1 aliphatic rings. The zero-order valence-corrected chi connectivity index (χ0v) is 21.4. The van der Waals surface area contributed by atoms with Crippen LogP contribution < -0.4 is 20.4 Å². The maximum atomic E-state index is 11.6. The highest BCUT2D eigenvalue weighted by atomic mass is 16.7. The third-order valence-electron chi connectivity index (χ3n) is 6.19. The molecular weight excluding hydrogens is 492 g/mol. The Morgan fingerprint density at radius 2 is 1.87 bits per heavy atom. The molecule has 1 fully saturated rings. The van der Waals surface area contributed by atoms with Crippen LogP contribution in [0, 0.1) is 0 Å². The van der Waals surface area contributed by atoms with Crippen molar-refractivity contribution in [2.45, 2.75) is 20.0 Å². The molecule has 5 heterocycles. The summed E-state index contributed by atoms with van der Waals surface area (Å²) in [6.45, 7) is 5.70. The van der Waals surface area contributed by atoms with Gasteiger partial charge in [0.15, 0.2) is 22.8 Å². The van der Waals surface area contributed by atoms with Crippen LogP contribution in [0.1, 0.15) is 23.1 Å². The summed E-state index contributed by atoms with van der Waals surface area (Å²) >= 11 is 0. The lowest BCUT2D eigenvalue weighted by molar-refractivity contribution is 0.0502. The van der Waals surface area contributed by atoms with Crippen molar-refractivity contribution in [3.8, 4) is 17.3 Å². The number of imidazole rings is 1. The molecule has 0 amide bonds. The van der Waals surface area contributed by atoms with Crippen LogP contribution in [0.3, 0.4) is 0 Å². The van der Waals surface area contributed by atoms with E-state index >= 15 is 0 Å². The van der Waals surface area contributed by atoms with Crippen LogP contribution in [-0.2, 0) is 22.7 Å². The molecule has 0 unspecified atom stereocenters. The van der Waals surface area contributed by atoms with Gasteiger partial charge in [0.05, 0.1) is 32.4 Å². The average Bonchev–Trinajstić information content (AvgIpc) is 3.33. The molecule has 1 saturated heterocycles. The van der Waals surface area contributed by atoms with E-state index in [1.54, 1.807) is 19.4 Å². The number of morpholine rings is 1. The molecule has 14 heteroatoms. The summed E-state index contributed by atoms with van der Waals surface area (Å²) in [7, 11) is 3.42. The van der Waals surface area contributed by atoms with Gasteiger partial charge in [-0.15, -0.1) is 0 Å². The third-order valence-corrected chi connectivity index (χ3v) is 6.19. The zero-order chi connectivity index (χ0) is 26.6. The number of hydrogen-bond donors (Lipinski definition) is 1. The smallest absolute Gasteiger partial charge is 0.359 e. The molecule has 4 aromatic heterocycles. The highest BCUT2D eigenvalue weighted by Gasteiger charge is 2.24. The van der Waals surface area contributed by atoms with E-state index in [-0.39, 0.29) is 5.56 Å². The maximum Gasteiger partial charge on any atom is 0.359 e. The van der Waals surface area contributed by atoms with E-state index in [0.717, 1.165) is 22.9 Å². The van der Waals surface area contributed by atoms with E-state index in [1.807, 2.05) is 24.9 Å².